The van der Waals surface area contributed by atoms with Gasteiger partial charge in [-0.05, 0) is 68.6 Å². The van der Waals surface area contributed by atoms with E-state index in [0.29, 0.717) is 0 Å². The summed E-state index contributed by atoms with van der Waals surface area (Å²) in [7, 11) is 0. The van der Waals surface area contributed by atoms with Crippen molar-refractivity contribution in [2.45, 2.75) is 71.6 Å². The third-order valence-electron chi connectivity index (χ3n) is 5.93. The van der Waals surface area contributed by atoms with Crippen LogP contribution in [0.4, 0.5) is 0 Å². The molecule has 0 spiro atoms. The second-order valence-corrected chi connectivity index (χ2v) is 6.63. The lowest BCUT2D eigenvalue weighted by atomic mass is 9.59. The summed E-state index contributed by atoms with van der Waals surface area (Å²) in [5.41, 5.74) is 4.51. The second-order valence-electron chi connectivity index (χ2n) is 6.63. The highest BCUT2D eigenvalue weighted by molar-refractivity contribution is 5.25. The van der Waals surface area contributed by atoms with Crippen LogP contribution >= 0.6 is 0 Å². The predicted molar refractivity (Wildman–Crippen MR) is 69.3 cm³/mol. The standard InChI is InChI=1S/C16H26/c1-3-12-6-4-7-14-13(12)9-11-16(2)10-5-8-15(14)16/h14-15H,3-11H2,1-2H3/t14?,15?,16-/m1/s1. The Labute approximate surface area is 101 Å². The Morgan fingerprint density at radius 3 is 2.81 bits per heavy atom. The molecule has 3 aliphatic rings. The smallest absolute Gasteiger partial charge is 0.0167 e. The van der Waals surface area contributed by atoms with Gasteiger partial charge in [-0.25, -0.2) is 0 Å². The Kier molecular flexibility index (Phi) is 2.64. The quantitative estimate of drug-likeness (QED) is 0.538. The Morgan fingerprint density at radius 1 is 1.12 bits per heavy atom. The van der Waals surface area contributed by atoms with Gasteiger partial charge < -0.3 is 0 Å². The normalized spacial score (nSPS) is 43.1. The van der Waals surface area contributed by atoms with Crippen LogP contribution in [0.15, 0.2) is 11.1 Å². The van der Waals surface area contributed by atoms with E-state index in [-0.39, 0.29) is 0 Å². The molecule has 0 saturated heterocycles. The van der Waals surface area contributed by atoms with Crippen molar-refractivity contribution in [1.29, 1.82) is 0 Å². The van der Waals surface area contributed by atoms with E-state index in [0.717, 1.165) is 17.3 Å². The van der Waals surface area contributed by atoms with Gasteiger partial charge in [-0.15, -0.1) is 0 Å². The molecule has 3 atom stereocenters. The van der Waals surface area contributed by atoms with Gasteiger partial charge in [0.25, 0.3) is 0 Å². The van der Waals surface area contributed by atoms with Crippen LogP contribution in [-0.4, -0.2) is 0 Å². The van der Waals surface area contributed by atoms with E-state index >= 15 is 0 Å². The highest BCUT2D eigenvalue weighted by Crippen LogP contribution is 2.58. The summed E-state index contributed by atoms with van der Waals surface area (Å²) in [5.74, 6) is 2.06. The maximum absolute atomic E-state index is 2.58. The summed E-state index contributed by atoms with van der Waals surface area (Å²) in [5, 5.41) is 0. The molecule has 2 fully saturated rings. The van der Waals surface area contributed by atoms with Gasteiger partial charge >= 0.3 is 0 Å². The molecule has 0 aromatic heterocycles. The lowest BCUT2D eigenvalue weighted by molar-refractivity contribution is 0.115. The number of hydrogen-bond donors (Lipinski definition) is 0. The zero-order chi connectivity index (χ0) is 11.2. The van der Waals surface area contributed by atoms with Crippen molar-refractivity contribution >= 4 is 0 Å². The Bertz CT molecular complexity index is 312. The SMILES string of the molecule is CCC1=C2CC[C@@]3(C)CCCC3C2CCC1. The first-order valence-electron chi connectivity index (χ1n) is 7.45. The first kappa shape index (κ1) is 10.9. The molecule has 2 unspecified atom stereocenters. The molecular formula is C16H26. The van der Waals surface area contributed by atoms with Gasteiger partial charge in [0.2, 0.25) is 0 Å². The van der Waals surface area contributed by atoms with Crippen LogP contribution in [0.5, 0.6) is 0 Å². The third-order valence-corrected chi connectivity index (χ3v) is 5.93. The van der Waals surface area contributed by atoms with Gasteiger partial charge in [0.15, 0.2) is 0 Å². The van der Waals surface area contributed by atoms with E-state index in [1.54, 1.807) is 0 Å². The van der Waals surface area contributed by atoms with Gasteiger partial charge in [-0.1, -0.05) is 31.4 Å². The van der Waals surface area contributed by atoms with Crippen molar-refractivity contribution in [3.8, 4) is 0 Å². The van der Waals surface area contributed by atoms with Gasteiger partial charge in [0.1, 0.15) is 0 Å². The van der Waals surface area contributed by atoms with E-state index in [4.69, 9.17) is 0 Å². The molecule has 3 rings (SSSR count). The lowest BCUT2D eigenvalue weighted by Gasteiger charge is -2.46. The highest BCUT2D eigenvalue weighted by atomic mass is 14.5. The fourth-order valence-corrected chi connectivity index (χ4v) is 5.02. The average Bonchev–Trinajstić information content (AvgIpc) is 2.70. The summed E-state index contributed by atoms with van der Waals surface area (Å²) in [6, 6.07) is 0. The molecular weight excluding hydrogens is 192 g/mol. The van der Waals surface area contributed by atoms with Crippen LogP contribution in [0.25, 0.3) is 0 Å². The molecule has 16 heavy (non-hydrogen) atoms. The average molecular weight is 218 g/mol. The van der Waals surface area contributed by atoms with Crippen molar-refractivity contribution in [3.05, 3.63) is 11.1 Å². The van der Waals surface area contributed by atoms with Crippen LogP contribution in [0, 0.1) is 17.3 Å². The molecule has 0 heteroatoms. The molecule has 0 amide bonds. The third kappa shape index (κ3) is 1.49. The van der Waals surface area contributed by atoms with E-state index in [2.05, 4.69) is 13.8 Å². The van der Waals surface area contributed by atoms with Crippen molar-refractivity contribution in [1.82, 2.24) is 0 Å². The molecule has 0 heterocycles. The van der Waals surface area contributed by atoms with Crippen LogP contribution < -0.4 is 0 Å². The summed E-state index contributed by atoms with van der Waals surface area (Å²) in [6.07, 6.45) is 13.2. The van der Waals surface area contributed by atoms with Crippen molar-refractivity contribution in [3.63, 3.8) is 0 Å². The summed E-state index contributed by atoms with van der Waals surface area (Å²) in [4.78, 5) is 0. The molecule has 0 nitrogen and oxygen atoms in total. The maximum Gasteiger partial charge on any atom is -0.0167 e. The van der Waals surface area contributed by atoms with Gasteiger partial charge in [-0.2, -0.15) is 0 Å². The van der Waals surface area contributed by atoms with Gasteiger partial charge in [0.05, 0.1) is 0 Å². The Hall–Kier alpha value is -0.260. The molecule has 0 N–H and O–H groups in total. The van der Waals surface area contributed by atoms with Gasteiger partial charge in [0, 0.05) is 0 Å². The minimum Gasteiger partial charge on any atom is -0.0710 e. The lowest BCUT2D eigenvalue weighted by Crippen LogP contribution is -2.36. The molecule has 0 aromatic rings. The fraction of sp³-hybridized carbons (Fsp3) is 0.875. The van der Waals surface area contributed by atoms with Crippen LogP contribution in [0.1, 0.15) is 71.6 Å². The number of rotatable bonds is 1. The van der Waals surface area contributed by atoms with E-state index in [9.17, 15) is 0 Å². The number of hydrogen-bond acceptors (Lipinski definition) is 0. The minimum absolute atomic E-state index is 0.727. The van der Waals surface area contributed by atoms with Crippen LogP contribution in [-0.2, 0) is 0 Å². The molecule has 0 aromatic carbocycles. The Balaban J connectivity index is 1.94. The first-order valence-corrected chi connectivity index (χ1v) is 7.45. The summed E-state index contributed by atoms with van der Waals surface area (Å²) >= 11 is 0. The first-order chi connectivity index (χ1) is 7.74. The highest BCUT2D eigenvalue weighted by Gasteiger charge is 2.47. The van der Waals surface area contributed by atoms with Crippen molar-refractivity contribution in [2.75, 3.05) is 0 Å². The van der Waals surface area contributed by atoms with Crippen molar-refractivity contribution in [2.24, 2.45) is 17.3 Å². The summed E-state index contributed by atoms with van der Waals surface area (Å²) < 4.78 is 0. The van der Waals surface area contributed by atoms with E-state index in [1.165, 1.54) is 57.8 Å². The minimum atomic E-state index is 0.727. The molecule has 2 saturated carbocycles. The molecule has 0 aliphatic heterocycles. The van der Waals surface area contributed by atoms with Crippen LogP contribution in [0.3, 0.4) is 0 Å². The zero-order valence-corrected chi connectivity index (χ0v) is 11.0. The fourth-order valence-electron chi connectivity index (χ4n) is 5.02. The number of fused-ring (bicyclic) bond motifs is 3. The largest absolute Gasteiger partial charge is 0.0710 e. The molecule has 90 valence electrons. The Morgan fingerprint density at radius 2 is 2.00 bits per heavy atom. The predicted octanol–water partition coefficient (Wildman–Crippen LogP) is 5.09. The number of allylic oxidation sites excluding steroid dienone is 2. The van der Waals surface area contributed by atoms with E-state index in [1.807, 2.05) is 11.1 Å². The second kappa shape index (κ2) is 3.89. The van der Waals surface area contributed by atoms with Crippen molar-refractivity contribution < 1.29 is 0 Å². The monoisotopic (exact) mass is 218 g/mol. The topological polar surface area (TPSA) is 0 Å². The molecule has 0 radical (unpaired) electrons. The van der Waals surface area contributed by atoms with Crippen LogP contribution in [0.2, 0.25) is 0 Å². The maximum atomic E-state index is 2.58. The zero-order valence-electron chi connectivity index (χ0n) is 11.0. The van der Waals surface area contributed by atoms with Gasteiger partial charge in [-0.3, -0.25) is 0 Å². The van der Waals surface area contributed by atoms with E-state index < -0.39 is 0 Å². The molecule has 3 aliphatic carbocycles. The summed E-state index contributed by atoms with van der Waals surface area (Å²) in [6.45, 7) is 4.95. The molecule has 0 bridgehead atoms.